The number of fused-ring (bicyclic) bond motifs is 2. The van der Waals surface area contributed by atoms with Crippen molar-refractivity contribution in [3.05, 3.63) is 41.5 Å². The number of nitrogens with zero attached hydrogens (tertiary/aromatic N) is 1. The maximum atomic E-state index is 13.5. The van der Waals surface area contributed by atoms with E-state index in [2.05, 4.69) is 28.0 Å². The molecule has 3 N–H and O–H groups in total. The second kappa shape index (κ2) is 9.33. The van der Waals surface area contributed by atoms with E-state index in [9.17, 15) is 4.79 Å². The minimum atomic E-state index is 0.0332. The van der Waals surface area contributed by atoms with E-state index in [-0.39, 0.29) is 5.78 Å². The standard InChI is InChI=1S/C26H32N4O2/c1-2-3-13-28-20-16-21(29-15-14-27-17-9-5-4-6-10-17)24-23-22(20)25(31)18-11-7-8-12-19(18)26(23)32-30-24/h7-8,11-12,16-17,27-29H,2-6,9-10,13-15H2,1H3. The highest BCUT2D eigenvalue weighted by molar-refractivity contribution is 6.28. The zero-order chi connectivity index (χ0) is 21.9. The van der Waals surface area contributed by atoms with Crippen molar-refractivity contribution in [3.63, 3.8) is 0 Å². The lowest BCUT2D eigenvalue weighted by Crippen LogP contribution is -2.34. The highest BCUT2D eigenvalue weighted by Crippen LogP contribution is 2.44. The zero-order valence-electron chi connectivity index (χ0n) is 18.8. The van der Waals surface area contributed by atoms with Crippen molar-refractivity contribution in [2.45, 2.75) is 57.9 Å². The maximum Gasteiger partial charge on any atom is 0.196 e. The van der Waals surface area contributed by atoms with Crippen LogP contribution in [0, 0.1) is 0 Å². The SMILES string of the molecule is CCCCNc1cc(NCCNC2CCCCC2)c2noc3c2c1C(=O)c1ccccc1-3. The molecule has 0 unspecified atom stereocenters. The van der Waals surface area contributed by atoms with Crippen molar-refractivity contribution in [2.75, 3.05) is 30.3 Å². The smallest absolute Gasteiger partial charge is 0.196 e. The first-order chi connectivity index (χ1) is 15.8. The van der Waals surface area contributed by atoms with Gasteiger partial charge in [0.15, 0.2) is 11.5 Å². The van der Waals surface area contributed by atoms with E-state index in [1.54, 1.807) is 0 Å². The second-order valence-corrected chi connectivity index (χ2v) is 8.95. The van der Waals surface area contributed by atoms with Gasteiger partial charge in [-0.3, -0.25) is 4.79 Å². The van der Waals surface area contributed by atoms with Gasteiger partial charge in [-0.15, -0.1) is 0 Å². The van der Waals surface area contributed by atoms with Gasteiger partial charge in [0.1, 0.15) is 5.52 Å². The normalized spacial score (nSPS) is 15.7. The Labute approximate surface area is 189 Å². The number of nitrogens with one attached hydrogen (secondary N) is 3. The molecule has 1 aromatic heterocycles. The quantitative estimate of drug-likeness (QED) is 0.299. The van der Waals surface area contributed by atoms with E-state index in [1.807, 2.05) is 30.3 Å². The molecule has 0 radical (unpaired) electrons. The monoisotopic (exact) mass is 432 g/mol. The Morgan fingerprint density at radius 1 is 1.00 bits per heavy atom. The number of hydrogen-bond donors (Lipinski definition) is 3. The first kappa shape index (κ1) is 21.0. The Kier molecular flexibility index (Phi) is 6.12. The lowest BCUT2D eigenvalue weighted by Gasteiger charge is -2.23. The predicted molar refractivity (Wildman–Crippen MR) is 130 cm³/mol. The lowest BCUT2D eigenvalue weighted by molar-refractivity contribution is 0.104. The van der Waals surface area contributed by atoms with Crippen LogP contribution in [0.3, 0.4) is 0 Å². The summed E-state index contributed by atoms with van der Waals surface area (Å²) >= 11 is 0. The van der Waals surface area contributed by atoms with Gasteiger partial charge < -0.3 is 20.5 Å². The molecule has 5 rings (SSSR count). The summed E-state index contributed by atoms with van der Waals surface area (Å²) in [5, 5.41) is 15.9. The average Bonchev–Trinajstić information content (AvgIpc) is 3.27. The molecule has 0 aliphatic heterocycles. The summed E-state index contributed by atoms with van der Waals surface area (Å²) in [7, 11) is 0. The Morgan fingerprint density at radius 3 is 2.59 bits per heavy atom. The first-order valence-corrected chi connectivity index (χ1v) is 12.1. The Hall–Kier alpha value is -2.86. The van der Waals surface area contributed by atoms with Gasteiger partial charge in [0, 0.05) is 42.5 Å². The first-order valence-electron chi connectivity index (χ1n) is 12.1. The summed E-state index contributed by atoms with van der Waals surface area (Å²) in [6, 6.07) is 10.3. The van der Waals surface area contributed by atoms with Gasteiger partial charge in [-0.2, -0.15) is 0 Å². The van der Waals surface area contributed by atoms with E-state index in [0.717, 1.165) is 60.3 Å². The van der Waals surface area contributed by atoms with Crippen molar-refractivity contribution in [3.8, 4) is 11.3 Å². The number of carbonyl (C=O) groups excluding carboxylic acids is 1. The second-order valence-electron chi connectivity index (χ2n) is 8.95. The van der Waals surface area contributed by atoms with E-state index in [0.29, 0.717) is 22.9 Å². The number of benzene rings is 2. The number of ketones is 1. The van der Waals surface area contributed by atoms with Gasteiger partial charge in [-0.05, 0) is 25.3 Å². The van der Waals surface area contributed by atoms with E-state index in [1.165, 1.54) is 32.1 Å². The molecular weight excluding hydrogens is 400 g/mol. The summed E-state index contributed by atoms with van der Waals surface area (Å²) in [5.41, 5.74) is 4.68. The molecular formula is C26H32N4O2. The average molecular weight is 433 g/mol. The summed E-state index contributed by atoms with van der Waals surface area (Å²) in [5.74, 6) is 0.721. The van der Waals surface area contributed by atoms with Crippen LogP contribution in [0.2, 0.25) is 0 Å². The molecule has 0 spiro atoms. The largest absolute Gasteiger partial charge is 0.384 e. The van der Waals surface area contributed by atoms with Gasteiger partial charge in [-0.25, -0.2) is 0 Å². The van der Waals surface area contributed by atoms with Crippen LogP contribution in [0.15, 0.2) is 34.9 Å². The van der Waals surface area contributed by atoms with Crippen LogP contribution in [0.4, 0.5) is 11.4 Å². The van der Waals surface area contributed by atoms with Crippen molar-refractivity contribution in [2.24, 2.45) is 0 Å². The molecule has 0 saturated heterocycles. The molecule has 1 saturated carbocycles. The number of carbonyl (C=O) groups is 1. The molecule has 0 amide bonds. The molecule has 6 nitrogen and oxygen atoms in total. The number of anilines is 2. The van der Waals surface area contributed by atoms with Crippen LogP contribution in [-0.2, 0) is 0 Å². The molecule has 2 aliphatic carbocycles. The van der Waals surface area contributed by atoms with Crippen molar-refractivity contribution in [1.29, 1.82) is 0 Å². The lowest BCUT2D eigenvalue weighted by atomic mass is 9.86. The van der Waals surface area contributed by atoms with E-state index in [4.69, 9.17) is 4.52 Å². The van der Waals surface area contributed by atoms with Gasteiger partial charge in [0.25, 0.3) is 0 Å². The fourth-order valence-corrected chi connectivity index (χ4v) is 5.01. The van der Waals surface area contributed by atoms with Crippen molar-refractivity contribution >= 4 is 28.1 Å². The topological polar surface area (TPSA) is 79.2 Å². The fourth-order valence-electron chi connectivity index (χ4n) is 5.01. The zero-order valence-corrected chi connectivity index (χ0v) is 18.8. The van der Waals surface area contributed by atoms with Gasteiger partial charge in [0.2, 0.25) is 0 Å². The summed E-state index contributed by atoms with van der Waals surface area (Å²) in [4.78, 5) is 13.5. The minimum absolute atomic E-state index is 0.0332. The number of rotatable bonds is 9. The molecule has 1 heterocycles. The van der Waals surface area contributed by atoms with Crippen LogP contribution in [0.1, 0.15) is 67.8 Å². The highest BCUT2D eigenvalue weighted by Gasteiger charge is 2.32. The third-order valence-corrected chi connectivity index (χ3v) is 6.72. The molecule has 1 fully saturated rings. The van der Waals surface area contributed by atoms with Crippen LogP contribution in [0.5, 0.6) is 0 Å². The summed E-state index contributed by atoms with van der Waals surface area (Å²) in [6.07, 6.45) is 8.72. The Bertz CT molecular complexity index is 1110. The van der Waals surface area contributed by atoms with Crippen LogP contribution >= 0.6 is 0 Å². The molecule has 2 aromatic carbocycles. The maximum absolute atomic E-state index is 13.5. The van der Waals surface area contributed by atoms with E-state index >= 15 is 0 Å². The molecule has 0 bridgehead atoms. The number of hydrogen-bond acceptors (Lipinski definition) is 6. The molecule has 0 atom stereocenters. The van der Waals surface area contributed by atoms with Gasteiger partial charge in [0.05, 0.1) is 16.6 Å². The molecule has 3 aromatic rings. The molecule has 168 valence electrons. The molecule has 32 heavy (non-hydrogen) atoms. The highest BCUT2D eigenvalue weighted by atomic mass is 16.5. The van der Waals surface area contributed by atoms with Gasteiger partial charge in [-0.1, -0.05) is 62.0 Å². The predicted octanol–water partition coefficient (Wildman–Crippen LogP) is 5.59. The van der Waals surface area contributed by atoms with Gasteiger partial charge >= 0.3 is 0 Å². The van der Waals surface area contributed by atoms with Crippen LogP contribution in [0.25, 0.3) is 22.2 Å². The van der Waals surface area contributed by atoms with Crippen LogP contribution < -0.4 is 16.0 Å². The Morgan fingerprint density at radius 2 is 1.78 bits per heavy atom. The minimum Gasteiger partial charge on any atom is -0.384 e. The third-order valence-electron chi connectivity index (χ3n) is 6.72. The van der Waals surface area contributed by atoms with E-state index < -0.39 is 0 Å². The number of aromatic nitrogens is 1. The third kappa shape index (κ3) is 3.88. The fraction of sp³-hybridized carbons (Fsp3) is 0.462. The number of unbranched alkanes of at least 4 members (excludes halogenated alkanes) is 1. The summed E-state index contributed by atoms with van der Waals surface area (Å²) in [6.45, 7) is 4.69. The molecule has 2 aliphatic rings. The van der Waals surface area contributed by atoms with Crippen molar-refractivity contribution in [1.82, 2.24) is 10.5 Å². The molecule has 6 heteroatoms. The van der Waals surface area contributed by atoms with Crippen LogP contribution in [-0.4, -0.2) is 36.6 Å². The van der Waals surface area contributed by atoms with Crippen molar-refractivity contribution < 1.29 is 9.32 Å². The summed E-state index contributed by atoms with van der Waals surface area (Å²) < 4.78 is 5.81. The Balaban J connectivity index is 1.45.